The molecule has 2 N–H and O–H groups in total. The molecule has 2 aromatic rings. The molecule has 0 aliphatic heterocycles. The van der Waals surface area contributed by atoms with Gasteiger partial charge in [-0.15, -0.1) is 0 Å². The van der Waals surface area contributed by atoms with Crippen LogP contribution in [0.3, 0.4) is 0 Å². The summed E-state index contributed by atoms with van der Waals surface area (Å²) in [7, 11) is -3.34. The molecule has 3 rings (SSSR count). The third-order valence-electron chi connectivity index (χ3n) is 4.33. The van der Waals surface area contributed by atoms with Crippen molar-refractivity contribution in [3.05, 3.63) is 64.1 Å². The van der Waals surface area contributed by atoms with Crippen LogP contribution in [-0.2, 0) is 9.84 Å². The fraction of sp³-hybridized carbons (Fsp3) is 0.294. The summed E-state index contributed by atoms with van der Waals surface area (Å²) in [5.41, 5.74) is 7.90. The van der Waals surface area contributed by atoms with Gasteiger partial charge in [0, 0.05) is 10.4 Å². The van der Waals surface area contributed by atoms with Crippen LogP contribution in [0.5, 0.6) is 0 Å². The van der Waals surface area contributed by atoms with Gasteiger partial charge in [-0.3, -0.25) is 0 Å². The zero-order chi connectivity index (χ0) is 15.9. The van der Waals surface area contributed by atoms with Crippen molar-refractivity contribution in [2.24, 2.45) is 11.7 Å². The quantitative estimate of drug-likeness (QED) is 0.886. The first kappa shape index (κ1) is 15.7. The predicted molar refractivity (Wildman–Crippen MR) is 91.6 cm³/mol. The highest BCUT2D eigenvalue weighted by atomic mass is 79.9. The molecule has 0 spiro atoms. The lowest BCUT2D eigenvalue weighted by molar-refractivity contribution is 0.591. The molecule has 0 saturated heterocycles. The van der Waals surface area contributed by atoms with Crippen molar-refractivity contribution in [1.29, 1.82) is 0 Å². The summed E-state index contributed by atoms with van der Waals surface area (Å²) in [6, 6.07) is 14.9. The van der Waals surface area contributed by atoms with Crippen LogP contribution in [0.4, 0.5) is 0 Å². The standard InChI is InChI=1S/C17H18BrNO2S/c1-11-2-8-14(9-3-11)22(20,21)17-15(10-19)16(17)12-4-6-13(18)7-5-12/h2-9,15-17H,10,19H2,1H3/t15-,16-,17+/m0/s1. The van der Waals surface area contributed by atoms with Crippen molar-refractivity contribution in [3.8, 4) is 0 Å². The van der Waals surface area contributed by atoms with E-state index in [1.165, 1.54) is 0 Å². The maximum absolute atomic E-state index is 12.9. The Balaban J connectivity index is 1.93. The second-order valence-electron chi connectivity index (χ2n) is 5.80. The molecule has 22 heavy (non-hydrogen) atoms. The zero-order valence-electron chi connectivity index (χ0n) is 12.2. The lowest BCUT2D eigenvalue weighted by atomic mass is 10.1. The lowest BCUT2D eigenvalue weighted by Crippen LogP contribution is -2.13. The maximum atomic E-state index is 12.9. The molecule has 2 aromatic carbocycles. The Kier molecular flexibility index (Phi) is 4.14. The molecular weight excluding hydrogens is 362 g/mol. The molecule has 116 valence electrons. The number of rotatable bonds is 4. The van der Waals surface area contributed by atoms with E-state index in [0.717, 1.165) is 15.6 Å². The summed E-state index contributed by atoms with van der Waals surface area (Å²) in [5, 5.41) is -0.415. The van der Waals surface area contributed by atoms with Crippen LogP contribution >= 0.6 is 15.9 Å². The maximum Gasteiger partial charge on any atom is 0.182 e. The normalized spacial score (nSPS) is 24.2. The Labute approximate surface area is 139 Å². The van der Waals surface area contributed by atoms with Gasteiger partial charge < -0.3 is 5.73 Å². The Morgan fingerprint density at radius 3 is 2.18 bits per heavy atom. The number of benzene rings is 2. The summed E-state index contributed by atoms with van der Waals surface area (Å²) in [6.45, 7) is 2.33. The molecule has 0 amide bonds. The highest BCUT2D eigenvalue weighted by Crippen LogP contribution is 2.53. The highest BCUT2D eigenvalue weighted by molar-refractivity contribution is 9.10. The van der Waals surface area contributed by atoms with Gasteiger partial charge in [-0.1, -0.05) is 45.8 Å². The molecule has 3 atom stereocenters. The molecular formula is C17H18BrNO2S. The van der Waals surface area contributed by atoms with E-state index in [2.05, 4.69) is 15.9 Å². The smallest absolute Gasteiger partial charge is 0.182 e. The highest BCUT2D eigenvalue weighted by Gasteiger charge is 2.57. The second-order valence-corrected chi connectivity index (χ2v) is 8.82. The van der Waals surface area contributed by atoms with Crippen molar-refractivity contribution in [1.82, 2.24) is 0 Å². The molecule has 0 heterocycles. The van der Waals surface area contributed by atoms with Gasteiger partial charge in [-0.25, -0.2) is 8.42 Å². The van der Waals surface area contributed by atoms with E-state index in [0.29, 0.717) is 11.4 Å². The summed E-state index contributed by atoms with van der Waals surface area (Å²) in [4.78, 5) is 0.390. The van der Waals surface area contributed by atoms with E-state index in [-0.39, 0.29) is 11.8 Å². The summed E-state index contributed by atoms with van der Waals surface area (Å²) >= 11 is 3.40. The van der Waals surface area contributed by atoms with Crippen LogP contribution in [0, 0.1) is 12.8 Å². The first-order chi connectivity index (χ1) is 10.4. The van der Waals surface area contributed by atoms with Gasteiger partial charge in [0.15, 0.2) is 9.84 Å². The van der Waals surface area contributed by atoms with Crippen LogP contribution in [0.25, 0.3) is 0 Å². The molecule has 1 aliphatic rings. The van der Waals surface area contributed by atoms with Crippen molar-refractivity contribution < 1.29 is 8.42 Å². The van der Waals surface area contributed by atoms with Gasteiger partial charge in [0.1, 0.15) is 0 Å². The van der Waals surface area contributed by atoms with Crippen LogP contribution in [0.1, 0.15) is 17.0 Å². The Hall–Kier alpha value is -1.17. The Morgan fingerprint density at radius 2 is 1.64 bits per heavy atom. The predicted octanol–water partition coefficient (Wildman–Crippen LogP) is 3.27. The summed E-state index contributed by atoms with van der Waals surface area (Å²) in [5.74, 6) is -0.0168. The minimum Gasteiger partial charge on any atom is -0.330 e. The minimum absolute atomic E-state index is 0.00696. The number of sulfone groups is 1. The molecule has 0 radical (unpaired) electrons. The Morgan fingerprint density at radius 1 is 1.05 bits per heavy atom. The third-order valence-corrected chi connectivity index (χ3v) is 7.15. The van der Waals surface area contributed by atoms with Gasteiger partial charge >= 0.3 is 0 Å². The van der Waals surface area contributed by atoms with E-state index in [4.69, 9.17) is 5.73 Å². The first-order valence-electron chi connectivity index (χ1n) is 7.21. The summed E-state index contributed by atoms with van der Waals surface area (Å²) < 4.78 is 26.7. The summed E-state index contributed by atoms with van der Waals surface area (Å²) in [6.07, 6.45) is 0. The fourth-order valence-corrected chi connectivity index (χ4v) is 5.54. The van der Waals surface area contributed by atoms with Crippen LogP contribution in [-0.4, -0.2) is 20.2 Å². The molecule has 1 aliphatic carbocycles. The minimum atomic E-state index is -3.34. The third kappa shape index (κ3) is 2.73. The number of hydrogen-bond donors (Lipinski definition) is 1. The molecule has 1 fully saturated rings. The van der Waals surface area contributed by atoms with E-state index < -0.39 is 15.1 Å². The van der Waals surface area contributed by atoms with Crippen molar-refractivity contribution in [2.45, 2.75) is 23.0 Å². The lowest BCUT2D eigenvalue weighted by Gasteiger charge is -2.05. The van der Waals surface area contributed by atoms with Crippen LogP contribution in [0.2, 0.25) is 0 Å². The van der Waals surface area contributed by atoms with Gasteiger partial charge in [0.05, 0.1) is 10.1 Å². The SMILES string of the molecule is Cc1ccc(S(=O)(=O)[C@@H]2[C@@H](CN)[C@@H]2c2ccc(Br)cc2)cc1. The van der Waals surface area contributed by atoms with Gasteiger partial charge in [0.25, 0.3) is 0 Å². The topological polar surface area (TPSA) is 60.2 Å². The van der Waals surface area contributed by atoms with Crippen LogP contribution in [0.15, 0.2) is 57.9 Å². The van der Waals surface area contributed by atoms with Crippen LogP contribution < -0.4 is 5.73 Å². The Bertz CT molecular complexity index is 769. The molecule has 1 saturated carbocycles. The molecule has 0 unspecified atom stereocenters. The van der Waals surface area contributed by atoms with E-state index >= 15 is 0 Å². The zero-order valence-corrected chi connectivity index (χ0v) is 14.6. The van der Waals surface area contributed by atoms with Crippen molar-refractivity contribution in [3.63, 3.8) is 0 Å². The van der Waals surface area contributed by atoms with E-state index in [1.54, 1.807) is 12.1 Å². The average molecular weight is 380 g/mol. The molecule has 5 heteroatoms. The van der Waals surface area contributed by atoms with Crippen molar-refractivity contribution >= 4 is 25.8 Å². The number of hydrogen-bond acceptors (Lipinski definition) is 3. The molecule has 0 bridgehead atoms. The van der Waals surface area contributed by atoms with E-state index in [9.17, 15) is 8.42 Å². The molecule has 3 nitrogen and oxygen atoms in total. The first-order valence-corrected chi connectivity index (χ1v) is 9.55. The number of halogens is 1. The van der Waals surface area contributed by atoms with Gasteiger partial charge in [0.2, 0.25) is 0 Å². The average Bonchev–Trinajstić information content (AvgIpc) is 3.24. The van der Waals surface area contributed by atoms with Crippen molar-refractivity contribution in [2.75, 3.05) is 6.54 Å². The van der Waals surface area contributed by atoms with E-state index in [1.807, 2.05) is 43.3 Å². The monoisotopic (exact) mass is 379 g/mol. The largest absolute Gasteiger partial charge is 0.330 e. The number of nitrogens with two attached hydrogens (primary N) is 1. The second kappa shape index (κ2) is 5.80. The van der Waals surface area contributed by atoms with Gasteiger partial charge in [-0.2, -0.15) is 0 Å². The fourth-order valence-electron chi connectivity index (χ4n) is 3.05. The number of aryl methyl sites for hydroxylation is 1. The van der Waals surface area contributed by atoms with Gasteiger partial charge in [-0.05, 0) is 49.2 Å². The molecule has 0 aromatic heterocycles.